The molecule has 0 aliphatic carbocycles. The van der Waals surface area contributed by atoms with E-state index in [1.165, 1.54) is 0 Å². The van der Waals surface area contributed by atoms with Gasteiger partial charge in [-0.2, -0.15) is 10.2 Å². The van der Waals surface area contributed by atoms with Crippen molar-refractivity contribution < 1.29 is 4.79 Å². The second-order valence-electron chi connectivity index (χ2n) is 8.48. The summed E-state index contributed by atoms with van der Waals surface area (Å²) in [6, 6.07) is 15.8. The zero-order valence-electron chi connectivity index (χ0n) is 19.6. The minimum atomic E-state index is -0.330. The summed E-state index contributed by atoms with van der Waals surface area (Å²) in [5.41, 5.74) is 4.10. The van der Waals surface area contributed by atoms with Crippen LogP contribution in [0, 0.1) is 13.8 Å². The molecule has 8 nitrogen and oxygen atoms in total. The van der Waals surface area contributed by atoms with Crippen LogP contribution in [0.2, 0.25) is 0 Å². The van der Waals surface area contributed by atoms with E-state index in [4.69, 9.17) is 0 Å². The molecule has 2 N–H and O–H groups in total. The number of nitrogens with zero attached hydrogens (tertiary/aromatic N) is 4. The lowest BCUT2D eigenvalue weighted by Crippen LogP contribution is -2.29. The first-order chi connectivity index (χ1) is 16.4. The maximum absolute atomic E-state index is 13.1. The molecule has 0 fully saturated rings. The molecule has 1 atom stereocenters. The third-order valence-corrected chi connectivity index (χ3v) is 6.35. The lowest BCUT2D eigenvalue weighted by molar-refractivity contribution is 0.0932. The lowest BCUT2D eigenvalue weighted by atomic mass is 10.0. The molecule has 0 aliphatic rings. The average molecular weight is 455 g/mol. The Morgan fingerprint density at radius 3 is 2.65 bits per heavy atom. The Bertz CT molecular complexity index is 1610. The van der Waals surface area contributed by atoms with Crippen LogP contribution in [0.1, 0.15) is 47.3 Å². The molecule has 5 rings (SSSR count). The molecule has 34 heavy (non-hydrogen) atoms. The number of hydrogen-bond donors (Lipinski definition) is 2. The van der Waals surface area contributed by atoms with Gasteiger partial charge in [0.25, 0.3) is 11.5 Å². The number of aromatic amines is 1. The number of carbonyl (C=O) groups is 1. The van der Waals surface area contributed by atoms with Crippen LogP contribution in [0.5, 0.6) is 0 Å². The van der Waals surface area contributed by atoms with Gasteiger partial charge in [0.05, 0.1) is 23.1 Å². The highest BCUT2D eigenvalue weighted by atomic mass is 16.2. The van der Waals surface area contributed by atoms with Crippen LogP contribution in [0.4, 0.5) is 0 Å². The molecule has 0 bridgehead atoms. The van der Waals surface area contributed by atoms with Crippen LogP contribution >= 0.6 is 0 Å². The largest absolute Gasteiger partial charge is 0.343 e. The predicted octanol–water partition coefficient (Wildman–Crippen LogP) is 4.17. The van der Waals surface area contributed by atoms with Crippen molar-refractivity contribution in [2.75, 3.05) is 0 Å². The molecule has 0 spiro atoms. The smallest absolute Gasteiger partial charge is 0.274 e. The Kier molecular flexibility index (Phi) is 5.28. The van der Waals surface area contributed by atoms with Crippen LogP contribution < -0.4 is 10.9 Å². The lowest BCUT2D eigenvalue weighted by Gasteiger charge is -2.14. The van der Waals surface area contributed by atoms with Gasteiger partial charge in [-0.1, -0.05) is 36.4 Å². The Balaban J connectivity index is 1.56. The van der Waals surface area contributed by atoms with E-state index in [1.54, 1.807) is 17.6 Å². The van der Waals surface area contributed by atoms with Gasteiger partial charge < -0.3 is 10.3 Å². The minimum absolute atomic E-state index is 0.235. The highest BCUT2D eigenvalue weighted by Gasteiger charge is 2.23. The van der Waals surface area contributed by atoms with Crippen molar-refractivity contribution in [2.45, 2.75) is 40.3 Å². The molecule has 2 aromatic carbocycles. The number of hydrogen-bond acceptors (Lipinski definition) is 4. The topological polar surface area (TPSA) is 97.1 Å². The van der Waals surface area contributed by atoms with Crippen LogP contribution in [-0.4, -0.2) is 30.3 Å². The molecule has 3 aromatic heterocycles. The van der Waals surface area contributed by atoms with Crippen molar-refractivity contribution >= 4 is 22.2 Å². The summed E-state index contributed by atoms with van der Waals surface area (Å²) in [4.78, 5) is 29.2. The number of amides is 1. The summed E-state index contributed by atoms with van der Waals surface area (Å²) in [5, 5.41) is 14.0. The van der Waals surface area contributed by atoms with Crippen molar-refractivity contribution in [1.82, 2.24) is 29.7 Å². The molecule has 172 valence electrons. The Morgan fingerprint density at radius 2 is 1.88 bits per heavy atom. The summed E-state index contributed by atoms with van der Waals surface area (Å²) < 4.78 is 3.42. The van der Waals surface area contributed by atoms with Gasteiger partial charge in [0.2, 0.25) is 0 Å². The van der Waals surface area contributed by atoms with Crippen molar-refractivity contribution in [3.05, 3.63) is 87.7 Å². The molecular formula is C26H26N6O2. The van der Waals surface area contributed by atoms with Gasteiger partial charge >= 0.3 is 0 Å². The van der Waals surface area contributed by atoms with Crippen LogP contribution in [0.3, 0.4) is 0 Å². The van der Waals surface area contributed by atoms with E-state index in [9.17, 15) is 9.59 Å². The van der Waals surface area contributed by atoms with E-state index < -0.39 is 0 Å². The summed E-state index contributed by atoms with van der Waals surface area (Å²) in [7, 11) is 0. The molecule has 0 radical (unpaired) electrons. The maximum Gasteiger partial charge on any atom is 0.274 e. The van der Waals surface area contributed by atoms with Gasteiger partial charge in [0.15, 0.2) is 5.69 Å². The van der Waals surface area contributed by atoms with Crippen molar-refractivity contribution in [1.29, 1.82) is 0 Å². The van der Waals surface area contributed by atoms with Crippen molar-refractivity contribution in [2.24, 2.45) is 0 Å². The van der Waals surface area contributed by atoms with Crippen LogP contribution in [0.25, 0.3) is 27.5 Å². The minimum Gasteiger partial charge on any atom is -0.343 e. The zero-order valence-corrected chi connectivity index (χ0v) is 19.6. The monoisotopic (exact) mass is 454 g/mol. The number of rotatable bonds is 5. The van der Waals surface area contributed by atoms with Crippen molar-refractivity contribution in [3.63, 3.8) is 0 Å². The maximum atomic E-state index is 13.1. The summed E-state index contributed by atoms with van der Waals surface area (Å²) >= 11 is 0. The molecule has 0 saturated carbocycles. The number of benzene rings is 2. The molecule has 0 saturated heterocycles. The number of carbonyl (C=O) groups excluding carboxylic acids is 1. The molecule has 8 heteroatoms. The normalized spacial score (nSPS) is 12.4. The van der Waals surface area contributed by atoms with Gasteiger partial charge in [0, 0.05) is 23.9 Å². The quantitative estimate of drug-likeness (QED) is 0.417. The van der Waals surface area contributed by atoms with Gasteiger partial charge in [-0.05, 0) is 50.6 Å². The molecular weight excluding hydrogens is 428 g/mol. The summed E-state index contributed by atoms with van der Waals surface area (Å²) in [5.74, 6) is -0.330. The molecule has 1 amide bonds. The fourth-order valence-electron chi connectivity index (χ4n) is 4.53. The number of nitrogens with one attached hydrogen (secondary N) is 2. The Hall–Kier alpha value is -4.20. The standard InChI is InChI=1S/C26H26N6O2/c1-5-31-21(12-13-27-31)16(3)28-25(33)22-15(2)24-26(34)29-23(17(4)32(24)30-22)20-11-10-18-8-6-7-9-19(18)14-20/h6-14,16H,5H2,1-4H3,(H,28,33)(H,29,34). The second-order valence-corrected chi connectivity index (χ2v) is 8.48. The van der Waals surface area contributed by atoms with Crippen molar-refractivity contribution in [3.8, 4) is 11.3 Å². The molecule has 0 aliphatic heterocycles. The third-order valence-electron chi connectivity index (χ3n) is 6.35. The number of fused-ring (bicyclic) bond motifs is 2. The fourth-order valence-corrected chi connectivity index (χ4v) is 4.53. The van der Waals surface area contributed by atoms with E-state index in [0.29, 0.717) is 23.3 Å². The zero-order chi connectivity index (χ0) is 24.0. The number of aryl methyl sites for hydroxylation is 3. The first kappa shape index (κ1) is 21.6. The van der Waals surface area contributed by atoms with E-state index in [0.717, 1.165) is 27.7 Å². The Morgan fingerprint density at radius 1 is 1.12 bits per heavy atom. The van der Waals surface area contributed by atoms with E-state index >= 15 is 0 Å². The van der Waals surface area contributed by atoms with Gasteiger partial charge in [-0.3, -0.25) is 14.3 Å². The second kappa shape index (κ2) is 8.30. The Labute approximate surface area is 196 Å². The van der Waals surface area contributed by atoms with Gasteiger partial charge in [-0.25, -0.2) is 4.52 Å². The van der Waals surface area contributed by atoms with E-state index in [-0.39, 0.29) is 23.2 Å². The van der Waals surface area contributed by atoms with Crippen LogP contribution in [0.15, 0.2) is 59.5 Å². The molecule has 3 heterocycles. The first-order valence-corrected chi connectivity index (χ1v) is 11.3. The first-order valence-electron chi connectivity index (χ1n) is 11.3. The van der Waals surface area contributed by atoms with Gasteiger partial charge in [-0.15, -0.1) is 0 Å². The average Bonchev–Trinajstić information content (AvgIpc) is 3.46. The van der Waals surface area contributed by atoms with E-state index in [2.05, 4.69) is 20.5 Å². The fraction of sp³-hybridized carbons (Fsp3) is 0.231. The summed E-state index contributed by atoms with van der Waals surface area (Å²) in [6.07, 6.45) is 1.72. The SMILES string of the molecule is CCn1nccc1C(C)NC(=O)c1nn2c(C)c(-c3ccc4ccccc4c3)[nH]c(=O)c2c1C. The molecule has 1 unspecified atom stereocenters. The number of H-pyrrole nitrogens is 1. The van der Waals surface area contributed by atoms with Crippen LogP contribution in [-0.2, 0) is 6.54 Å². The predicted molar refractivity (Wildman–Crippen MR) is 132 cm³/mol. The highest BCUT2D eigenvalue weighted by Crippen LogP contribution is 2.26. The number of aromatic nitrogens is 5. The highest BCUT2D eigenvalue weighted by molar-refractivity contribution is 5.96. The molecule has 5 aromatic rings. The van der Waals surface area contributed by atoms with E-state index in [1.807, 2.05) is 74.0 Å². The van der Waals surface area contributed by atoms with Gasteiger partial charge in [0.1, 0.15) is 5.52 Å². The summed E-state index contributed by atoms with van der Waals surface area (Å²) in [6.45, 7) is 8.26. The third kappa shape index (κ3) is 3.48.